The summed E-state index contributed by atoms with van der Waals surface area (Å²) in [5, 5.41) is 0. The maximum Gasteiger partial charge on any atom is 0.157 e. The Morgan fingerprint density at radius 3 is 2.00 bits per heavy atom. The molecule has 0 saturated heterocycles. The summed E-state index contributed by atoms with van der Waals surface area (Å²) >= 11 is 0. The van der Waals surface area contributed by atoms with Crippen LogP contribution in [-0.2, 0) is 0 Å². The second-order valence-corrected chi connectivity index (χ2v) is 2.01. The van der Waals surface area contributed by atoms with Gasteiger partial charge in [0.25, 0.3) is 0 Å². The first-order chi connectivity index (χ1) is 4.63. The van der Waals surface area contributed by atoms with Crippen LogP contribution in [-0.4, -0.2) is 0 Å². The van der Waals surface area contributed by atoms with E-state index in [0.29, 0.717) is 12.0 Å². The molecule has 0 nitrogen and oxygen atoms in total. The Bertz CT molecular complexity index is 162. The number of hydrogen-bond donors (Lipinski definition) is 0. The maximum absolute atomic E-state index is 12.6. The molecular weight excluding hydrogens is 134 g/mol. The van der Waals surface area contributed by atoms with Crippen LogP contribution in [0.25, 0.3) is 0 Å². The quantitative estimate of drug-likeness (QED) is 0.523. The standard InChI is InChI=1S/C8H12F2/c1-4-7(5-2)8(10)6(3)9/h4H,5H2,1-3H3/b7-4-,8-6-. The third kappa shape index (κ3) is 2.29. The van der Waals surface area contributed by atoms with Gasteiger partial charge in [0.1, 0.15) is 5.83 Å². The first-order valence-electron chi connectivity index (χ1n) is 3.30. The van der Waals surface area contributed by atoms with E-state index in [4.69, 9.17) is 0 Å². The van der Waals surface area contributed by atoms with Crippen LogP contribution in [0.5, 0.6) is 0 Å². The Balaban J connectivity index is 4.48. The zero-order valence-corrected chi connectivity index (χ0v) is 6.54. The molecule has 0 heterocycles. The van der Waals surface area contributed by atoms with Crippen molar-refractivity contribution in [2.24, 2.45) is 0 Å². The highest BCUT2D eigenvalue weighted by atomic mass is 19.2. The second kappa shape index (κ2) is 4.20. The van der Waals surface area contributed by atoms with Gasteiger partial charge < -0.3 is 0 Å². The second-order valence-electron chi connectivity index (χ2n) is 2.01. The normalized spacial score (nSPS) is 15.1. The van der Waals surface area contributed by atoms with Crippen LogP contribution in [0.1, 0.15) is 27.2 Å². The van der Waals surface area contributed by atoms with E-state index in [1.165, 1.54) is 0 Å². The van der Waals surface area contributed by atoms with Crippen LogP contribution in [0.15, 0.2) is 23.3 Å². The summed E-state index contributed by atoms with van der Waals surface area (Å²) in [5.74, 6) is -1.46. The Morgan fingerprint density at radius 1 is 1.40 bits per heavy atom. The Kier molecular flexibility index (Phi) is 3.93. The van der Waals surface area contributed by atoms with Gasteiger partial charge in [-0.2, -0.15) is 0 Å². The molecule has 2 heteroatoms. The smallest absolute Gasteiger partial charge is 0.157 e. The predicted octanol–water partition coefficient (Wildman–Crippen LogP) is 3.51. The van der Waals surface area contributed by atoms with E-state index in [1.54, 1.807) is 19.9 Å². The fourth-order valence-corrected chi connectivity index (χ4v) is 0.707. The first kappa shape index (κ1) is 9.34. The molecule has 0 aliphatic rings. The fraction of sp³-hybridized carbons (Fsp3) is 0.500. The molecule has 0 atom stereocenters. The van der Waals surface area contributed by atoms with Crippen LogP contribution in [0, 0.1) is 0 Å². The van der Waals surface area contributed by atoms with Gasteiger partial charge in [-0.1, -0.05) is 13.0 Å². The molecule has 0 rings (SSSR count). The molecule has 10 heavy (non-hydrogen) atoms. The van der Waals surface area contributed by atoms with Crippen molar-refractivity contribution in [2.45, 2.75) is 27.2 Å². The predicted molar refractivity (Wildman–Crippen MR) is 39.0 cm³/mol. The van der Waals surface area contributed by atoms with E-state index >= 15 is 0 Å². The molecule has 0 aromatic heterocycles. The lowest BCUT2D eigenvalue weighted by Gasteiger charge is -1.98. The molecular formula is C8H12F2. The minimum atomic E-state index is -0.741. The number of hydrogen-bond acceptors (Lipinski definition) is 0. The number of rotatable bonds is 2. The highest BCUT2D eigenvalue weighted by Crippen LogP contribution is 2.19. The lowest BCUT2D eigenvalue weighted by Crippen LogP contribution is -1.82. The van der Waals surface area contributed by atoms with E-state index in [-0.39, 0.29) is 0 Å². The van der Waals surface area contributed by atoms with Gasteiger partial charge in [-0.05, 0) is 25.8 Å². The van der Waals surface area contributed by atoms with Gasteiger partial charge in [0.15, 0.2) is 5.83 Å². The monoisotopic (exact) mass is 146 g/mol. The van der Waals surface area contributed by atoms with Crippen molar-refractivity contribution in [3.05, 3.63) is 23.3 Å². The third-order valence-corrected chi connectivity index (χ3v) is 1.31. The van der Waals surface area contributed by atoms with Crippen molar-refractivity contribution in [2.75, 3.05) is 0 Å². The van der Waals surface area contributed by atoms with Crippen LogP contribution in [0.3, 0.4) is 0 Å². The van der Waals surface area contributed by atoms with Gasteiger partial charge in [-0.25, -0.2) is 8.78 Å². The summed E-state index contributed by atoms with van der Waals surface area (Å²) < 4.78 is 24.8. The average Bonchev–Trinajstić information content (AvgIpc) is 1.90. The summed E-state index contributed by atoms with van der Waals surface area (Å²) in [6.45, 7) is 4.60. The lowest BCUT2D eigenvalue weighted by atomic mass is 10.1. The van der Waals surface area contributed by atoms with Crippen molar-refractivity contribution in [1.29, 1.82) is 0 Å². The summed E-state index contributed by atoms with van der Waals surface area (Å²) in [6, 6.07) is 0. The summed E-state index contributed by atoms with van der Waals surface area (Å²) in [4.78, 5) is 0. The SMILES string of the molecule is C/C=C(CC)\C(F)=C(/C)F. The highest BCUT2D eigenvalue weighted by molar-refractivity contribution is 5.25. The highest BCUT2D eigenvalue weighted by Gasteiger charge is 2.03. The molecule has 0 bridgehead atoms. The summed E-state index contributed by atoms with van der Waals surface area (Å²) in [7, 11) is 0. The zero-order valence-electron chi connectivity index (χ0n) is 6.54. The van der Waals surface area contributed by atoms with Crippen LogP contribution >= 0.6 is 0 Å². The average molecular weight is 146 g/mol. The van der Waals surface area contributed by atoms with Crippen molar-refractivity contribution in [1.82, 2.24) is 0 Å². The Morgan fingerprint density at radius 2 is 1.90 bits per heavy atom. The molecule has 0 aliphatic carbocycles. The molecule has 0 amide bonds. The number of halogens is 2. The van der Waals surface area contributed by atoms with Crippen molar-refractivity contribution >= 4 is 0 Å². The van der Waals surface area contributed by atoms with Crippen molar-refractivity contribution in [3.63, 3.8) is 0 Å². The van der Waals surface area contributed by atoms with Crippen LogP contribution < -0.4 is 0 Å². The third-order valence-electron chi connectivity index (χ3n) is 1.31. The Hall–Kier alpha value is -0.660. The van der Waals surface area contributed by atoms with Gasteiger partial charge in [-0.3, -0.25) is 0 Å². The van der Waals surface area contributed by atoms with Gasteiger partial charge in [0.2, 0.25) is 0 Å². The molecule has 0 radical (unpaired) electrons. The molecule has 58 valence electrons. The largest absolute Gasteiger partial charge is 0.209 e. The molecule has 0 spiro atoms. The molecule has 0 aromatic carbocycles. The van der Waals surface area contributed by atoms with Crippen molar-refractivity contribution < 1.29 is 8.78 Å². The summed E-state index contributed by atoms with van der Waals surface area (Å²) in [5.41, 5.74) is 0.431. The van der Waals surface area contributed by atoms with E-state index in [2.05, 4.69) is 0 Å². The topological polar surface area (TPSA) is 0 Å². The lowest BCUT2D eigenvalue weighted by molar-refractivity contribution is 0.543. The molecule has 0 N–H and O–H groups in total. The zero-order chi connectivity index (χ0) is 8.15. The van der Waals surface area contributed by atoms with Gasteiger partial charge in [0.05, 0.1) is 0 Å². The molecule has 0 aliphatic heterocycles. The Labute approximate surface area is 60.2 Å². The minimum Gasteiger partial charge on any atom is -0.209 e. The fourth-order valence-electron chi connectivity index (χ4n) is 0.707. The van der Waals surface area contributed by atoms with E-state index in [1.807, 2.05) is 0 Å². The van der Waals surface area contributed by atoms with E-state index < -0.39 is 11.7 Å². The molecule has 0 saturated carbocycles. The maximum atomic E-state index is 12.6. The van der Waals surface area contributed by atoms with E-state index in [0.717, 1.165) is 6.92 Å². The van der Waals surface area contributed by atoms with Crippen LogP contribution in [0.4, 0.5) is 8.78 Å². The van der Waals surface area contributed by atoms with Gasteiger partial charge >= 0.3 is 0 Å². The number of allylic oxidation sites excluding steroid dienone is 4. The van der Waals surface area contributed by atoms with Crippen molar-refractivity contribution in [3.8, 4) is 0 Å². The molecule has 0 unspecified atom stereocenters. The molecule has 0 aromatic rings. The molecule has 0 fully saturated rings. The van der Waals surface area contributed by atoms with Crippen LogP contribution in [0.2, 0.25) is 0 Å². The summed E-state index contributed by atoms with van der Waals surface area (Å²) in [6.07, 6.45) is 2.11. The first-order valence-corrected chi connectivity index (χ1v) is 3.30. The van der Waals surface area contributed by atoms with E-state index in [9.17, 15) is 8.78 Å². The van der Waals surface area contributed by atoms with Gasteiger partial charge in [0, 0.05) is 0 Å². The minimum absolute atomic E-state index is 0.431. The van der Waals surface area contributed by atoms with Gasteiger partial charge in [-0.15, -0.1) is 0 Å².